The zero-order chi connectivity index (χ0) is 28.5. The van der Waals surface area contributed by atoms with Gasteiger partial charge in [0.05, 0.1) is 37.1 Å². The van der Waals surface area contributed by atoms with Crippen LogP contribution in [-0.4, -0.2) is 105 Å². The molecule has 6 N–H and O–H groups in total. The number of carbonyl (C=O) groups is 2. The number of phenolic OH excluding ortho intramolecular Hbond substituents is 1. The van der Waals surface area contributed by atoms with Crippen molar-refractivity contribution in [1.29, 1.82) is 0 Å². The normalized spacial score (nSPS) is 38.0. The Morgan fingerprint density at radius 2 is 1.79 bits per heavy atom. The number of hydrogen-bond acceptors (Lipinski definition) is 13. The molecule has 0 amide bonds. The van der Waals surface area contributed by atoms with E-state index in [9.17, 15) is 40.2 Å². The molecule has 10 atom stereocenters. The summed E-state index contributed by atoms with van der Waals surface area (Å²) in [4.78, 5) is 25.3. The van der Waals surface area contributed by atoms with Crippen LogP contribution in [0.1, 0.15) is 18.9 Å². The molecule has 0 spiro atoms. The molecular weight excluding hydrogens is 520 g/mol. The van der Waals surface area contributed by atoms with Crippen LogP contribution in [-0.2, 0) is 33.3 Å². The molecule has 214 valence electrons. The number of aliphatic hydroxyl groups excluding tert-OH is 4. The largest absolute Gasteiger partial charge is 0.508 e. The van der Waals surface area contributed by atoms with E-state index in [4.69, 9.17) is 23.7 Å². The maximum atomic E-state index is 12.7. The number of carbonyl (C=O) groups excluding carboxylic acids is 2. The third-order valence-electron chi connectivity index (χ3n) is 7.21. The second-order valence-corrected chi connectivity index (χ2v) is 9.92. The molecule has 1 aliphatic carbocycles. The number of aliphatic hydroxyl groups is 5. The highest BCUT2D eigenvalue weighted by Gasteiger charge is 2.61. The van der Waals surface area contributed by atoms with Gasteiger partial charge < -0.3 is 54.3 Å². The third kappa shape index (κ3) is 5.94. The predicted molar refractivity (Wildman–Crippen MR) is 129 cm³/mol. The molecule has 0 radical (unpaired) electrons. The molecule has 2 fully saturated rings. The first kappa shape index (κ1) is 29.0. The maximum Gasteiger partial charge on any atom is 0.337 e. The van der Waals surface area contributed by atoms with E-state index in [1.54, 1.807) is 12.1 Å². The Kier molecular flexibility index (Phi) is 8.61. The van der Waals surface area contributed by atoms with Crippen LogP contribution < -0.4 is 0 Å². The van der Waals surface area contributed by atoms with E-state index in [0.29, 0.717) is 5.56 Å². The first-order valence-electron chi connectivity index (χ1n) is 12.3. The van der Waals surface area contributed by atoms with E-state index >= 15 is 0 Å². The Morgan fingerprint density at radius 1 is 1.10 bits per heavy atom. The molecule has 0 bridgehead atoms. The van der Waals surface area contributed by atoms with Crippen LogP contribution in [0.15, 0.2) is 42.2 Å². The highest BCUT2D eigenvalue weighted by Crippen LogP contribution is 2.51. The summed E-state index contributed by atoms with van der Waals surface area (Å²) in [5, 5.41) is 60.7. The average Bonchev–Trinajstić information content (AvgIpc) is 3.18. The lowest BCUT2D eigenvalue weighted by molar-refractivity contribution is -0.346. The third-order valence-corrected chi connectivity index (χ3v) is 7.21. The number of hydrogen-bond donors (Lipinski definition) is 6. The van der Waals surface area contributed by atoms with Gasteiger partial charge in [-0.3, -0.25) is 0 Å². The van der Waals surface area contributed by atoms with Gasteiger partial charge in [0.1, 0.15) is 36.3 Å². The Bertz CT molecular complexity index is 1100. The minimum atomic E-state index is -1.74. The number of benzene rings is 1. The van der Waals surface area contributed by atoms with Crippen LogP contribution in [0.5, 0.6) is 5.75 Å². The standard InChI is InChI=1S/C26H32O13/c1-26(34)9-15(37-17(29)8-5-12-3-6-13(28)7-4-12)18-14(23(33)35-2)11-36-24(19(18)26)39-25-22(32)21(31)20(30)16(10-27)38-25/h3-8,11,15-16,18-22,24-25,27-28,30-32,34H,9-10H2,1-2H3/b8-5+/t15-,16-,18+,19-,20-,21+,22-,24+,25+,26+/m1/s1. The summed E-state index contributed by atoms with van der Waals surface area (Å²) in [5.74, 6) is -3.47. The van der Waals surface area contributed by atoms with Crippen LogP contribution in [0.3, 0.4) is 0 Å². The van der Waals surface area contributed by atoms with Crippen LogP contribution in [0.2, 0.25) is 0 Å². The van der Waals surface area contributed by atoms with Crippen molar-refractivity contribution in [2.24, 2.45) is 11.8 Å². The fourth-order valence-electron chi connectivity index (χ4n) is 5.23. The molecule has 1 aromatic carbocycles. The van der Waals surface area contributed by atoms with Crippen molar-refractivity contribution < 1.29 is 63.9 Å². The van der Waals surface area contributed by atoms with E-state index in [1.807, 2.05) is 0 Å². The first-order valence-corrected chi connectivity index (χ1v) is 12.3. The lowest BCUT2D eigenvalue weighted by Crippen LogP contribution is -2.60. The molecule has 39 heavy (non-hydrogen) atoms. The van der Waals surface area contributed by atoms with Crippen molar-refractivity contribution >= 4 is 18.0 Å². The van der Waals surface area contributed by atoms with Gasteiger partial charge in [0, 0.05) is 18.4 Å². The van der Waals surface area contributed by atoms with Crippen LogP contribution in [0.25, 0.3) is 6.08 Å². The summed E-state index contributed by atoms with van der Waals surface area (Å²) in [5.41, 5.74) is -1.02. The number of methoxy groups -OCH3 is 1. The fraction of sp³-hybridized carbons (Fsp3) is 0.538. The van der Waals surface area contributed by atoms with E-state index in [0.717, 1.165) is 19.4 Å². The molecular formula is C26H32O13. The van der Waals surface area contributed by atoms with Gasteiger partial charge in [-0.2, -0.15) is 0 Å². The molecule has 13 heteroatoms. The maximum absolute atomic E-state index is 12.7. The quantitative estimate of drug-likeness (QED) is 0.177. The SMILES string of the molecule is COC(=O)C1=CO[C@@H](O[C@@H]2O[C@H](CO)[C@@H](O)[C@H](O)[C@H]2O)[C@H]2[C@@H]1[C@H](OC(=O)/C=C/c1ccc(O)cc1)C[C@]2(C)O. The molecule has 2 heterocycles. The van der Waals surface area contributed by atoms with E-state index < -0.39 is 79.1 Å². The molecule has 4 rings (SSSR count). The smallest absolute Gasteiger partial charge is 0.337 e. The number of phenols is 1. The summed E-state index contributed by atoms with van der Waals surface area (Å²) in [6.07, 6.45) is -6.69. The van der Waals surface area contributed by atoms with Crippen molar-refractivity contribution in [2.45, 2.75) is 62.0 Å². The van der Waals surface area contributed by atoms with Gasteiger partial charge in [0.15, 0.2) is 6.29 Å². The second-order valence-electron chi connectivity index (χ2n) is 9.92. The first-order chi connectivity index (χ1) is 18.5. The van der Waals surface area contributed by atoms with Gasteiger partial charge in [-0.1, -0.05) is 12.1 Å². The summed E-state index contributed by atoms with van der Waals surface area (Å²) < 4.78 is 27.2. The van der Waals surface area contributed by atoms with Gasteiger partial charge in [0.2, 0.25) is 6.29 Å². The zero-order valence-corrected chi connectivity index (χ0v) is 21.2. The Hall–Kier alpha value is -3.04. The zero-order valence-electron chi connectivity index (χ0n) is 21.2. The molecule has 1 saturated heterocycles. The van der Waals surface area contributed by atoms with Crippen molar-refractivity contribution in [3.8, 4) is 5.75 Å². The van der Waals surface area contributed by atoms with Crippen molar-refractivity contribution in [3.63, 3.8) is 0 Å². The van der Waals surface area contributed by atoms with Crippen molar-refractivity contribution in [1.82, 2.24) is 0 Å². The lowest BCUT2D eigenvalue weighted by Gasteiger charge is -2.44. The summed E-state index contributed by atoms with van der Waals surface area (Å²) in [6.45, 7) is 0.764. The molecule has 0 aromatic heterocycles. The number of aromatic hydroxyl groups is 1. The van der Waals surface area contributed by atoms with E-state index in [2.05, 4.69) is 0 Å². The van der Waals surface area contributed by atoms with Crippen molar-refractivity contribution in [2.75, 3.05) is 13.7 Å². The van der Waals surface area contributed by atoms with Crippen LogP contribution in [0, 0.1) is 11.8 Å². The van der Waals surface area contributed by atoms with Gasteiger partial charge in [-0.05, 0) is 30.7 Å². The lowest BCUT2D eigenvalue weighted by atomic mass is 9.80. The second kappa shape index (κ2) is 11.6. The van der Waals surface area contributed by atoms with Crippen LogP contribution >= 0.6 is 0 Å². The number of ether oxygens (including phenoxy) is 5. The minimum absolute atomic E-state index is 0.0192. The van der Waals surface area contributed by atoms with Gasteiger partial charge in [-0.25, -0.2) is 9.59 Å². The van der Waals surface area contributed by atoms with E-state index in [1.165, 1.54) is 25.1 Å². The summed E-state index contributed by atoms with van der Waals surface area (Å²) in [7, 11) is 1.16. The number of rotatable bonds is 7. The van der Waals surface area contributed by atoms with Gasteiger partial charge in [-0.15, -0.1) is 0 Å². The molecule has 1 aromatic rings. The fourth-order valence-corrected chi connectivity index (χ4v) is 5.23. The monoisotopic (exact) mass is 552 g/mol. The molecule has 1 saturated carbocycles. The molecule has 0 unspecified atom stereocenters. The highest BCUT2D eigenvalue weighted by molar-refractivity contribution is 5.90. The minimum Gasteiger partial charge on any atom is -0.508 e. The topological polar surface area (TPSA) is 202 Å². The van der Waals surface area contributed by atoms with Crippen molar-refractivity contribution in [3.05, 3.63) is 47.7 Å². The van der Waals surface area contributed by atoms with Crippen LogP contribution in [0.4, 0.5) is 0 Å². The summed E-state index contributed by atoms with van der Waals surface area (Å²) >= 11 is 0. The Labute approximate surface area is 223 Å². The van der Waals surface area contributed by atoms with Gasteiger partial charge >= 0.3 is 11.9 Å². The number of esters is 2. The molecule has 2 aliphatic heterocycles. The van der Waals surface area contributed by atoms with Gasteiger partial charge in [0.25, 0.3) is 0 Å². The van der Waals surface area contributed by atoms with E-state index in [-0.39, 0.29) is 17.7 Å². The average molecular weight is 553 g/mol. The Balaban J connectivity index is 1.57. The number of fused-ring (bicyclic) bond motifs is 1. The molecule has 13 nitrogen and oxygen atoms in total. The predicted octanol–water partition coefficient (Wildman–Crippen LogP) is -1.07. The Morgan fingerprint density at radius 3 is 2.44 bits per heavy atom. The molecule has 3 aliphatic rings. The highest BCUT2D eigenvalue weighted by atomic mass is 16.8. The summed E-state index contributed by atoms with van der Waals surface area (Å²) in [6, 6.07) is 6.09.